The monoisotopic (exact) mass is 295 g/mol. The third-order valence-corrected chi connectivity index (χ3v) is 3.40. The fraction of sp³-hybridized carbons (Fsp3) is 0.167. The Kier molecular flexibility index (Phi) is 4.21. The van der Waals surface area contributed by atoms with Gasteiger partial charge in [0.2, 0.25) is 0 Å². The summed E-state index contributed by atoms with van der Waals surface area (Å²) in [7, 11) is 1.66. The summed E-state index contributed by atoms with van der Waals surface area (Å²) in [6.07, 6.45) is 0. The number of rotatable bonds is 5. The lowest BCUT2D eigenvalue weighted by atomic mass is 10.1. The van der Waals surface area contributed by atoms with Crippen molar-refractivity contribution in [2.75, 3.05) is 7.11 Å². The smallest absolute Gasteiger partial charge is 0.287 e. The Hall–Kier alpha value is -2.59. The van der Waals surface area contributed by atoms with E-state index in [0.29, 0.717) is 18.9 Å². The van der Waals surface area contributed by atoms with E-state index in [2.05, 4.69) is 5.32 Å². The minimum Gasteiger partial charge on any atom is -0.451 e. The summed E-state index contributed by atoms with van der Waals surface area (Å²) in [4.78, 5) is 12.2. The topological polar surface area (TPSA) is 51.5 Å². The summed E-state index contributed by atoms with van der Waals surface area (Å²) in [5.41, 5.74) is 2.83. The standard InChI is InChI=1S/C18H17NO3/c1-21-12-14-6-4-5-13(9-14)11-19-18(20)17-10-15-7-2-3-8-16(15)22-17/h2-10H,11-12H2,1H3,(H,19,20). The predicted octanol–water partition coefficient (Wildman–Crippen LogP) is 3.51. The molecule has 0 saturated carbocycles. The van der Waals surface area contributed by atoms with Crippen molar-refractivity contribution < 1.29 is 13.9 Å². The number of fused-ring (bicyclic) bond motifs is 1. The Morgan fingerprint density at radius 1 is 1.09 bits per heavy atom. The normalized spacial score (nSPS) is 10.8. The van der Waals surface area contributed by atoms with Crippen LogP contribution in [-0.4, -0.2) is 13.0 Å². The highest BCUT2D eigenvalue weighted by molar-refractivity contribution is 5.95. The van der Waals surface area contributed by atoms with Crippen LogP contribution in [0.3, 0.4) is 0 Å². The first-order chi connectivity index (χ1) is 10.8. The molecule has 1 aromatic heterocycles. The van der Waals surface area contributed by atoms with Crippen LogP contribution in [0, 0.1) is 0 Å². The Bertz CT molecular complexity index is 759. The second-order valence-electron chi connectivity index (χ2n) is 5.08. The molecule has 1 N–H and O–H groups in total. The van der Waals surface area contributed by atoms with Crippen molar-refractivity contribution in [3.63, 3.8) is 0 Å². The van der Waals surface area contributed by atoms with Crippen LogP contribution in [-0.2, 0) is 17.9 Å². The Labute approximate surface area is 128 Å². The molecule has 0 aliphatic heterocycles. The van der Waals surface area contributed by atoms with Crippen molar-refractivity contribution >= 4 is 16.9 Å². The number of ether oxygens (including phenoxy) is 1. The molecule has 3 aromatic rings. The lowest BCUT2D eigenvalue weighted by Gasteiger charge is -2.06. The highest BCUT2D eigenvalue weighted by Crippen LogP contribution is 2.18. The number of carbonyl (C=O) groups is 1. The maximum atomic E-state index is 12.2. The van der Waals surface area contributed by atoms with E-state index < -0.39 is 0 Å². The van der Waals surface area contributed by atoms with Crippen molar-refractivity contribution in [2.45, 2.75) is 13.2 Å². The molecular formula is C18H17NO3. The Morgan fingerprint density at radius 2 is 1.91 bits per heavy atom. The molecule has 3 rings (SSSR count). The van der Waals surface area contributed by atoms with Gasteiger partial charge in [0.25, 0.3) is 5.91 Å². The number of benzene rings is 2. The van der Waals surface area contributed by atoms with E-state index in [-0.39, 0.29) is 5.91 Å². The molecule has 0 bridgehead atoms. The fourth-order valence-corrected chi connectivity index (χ4v) is 2.36. The van der Waals surface area contributed by atoms with Crippen LogP contribution in [0.1, 0.15) is 21.7 Å². The first kappa shape index (κ1) is 14.4. The van der Waals surface area contributed by atoms with E-state index in [1.807, 2.05) is 48.5 Å². The van der Waals surface area contributed by atoms with Crippen molar-refractivity contribution in [3.05, 3.63) is 71.5 Å². The van der Waals surface area contributed by atoms with Crippen LogP contribution in [0.2, 0.25) is 0 Å². The SMILES string of the molecule is COCc1cccc(CNC(=O)c2cc3ccccc3o2)c1. The minimum atomic E-state index is -0.214. The second kappa shape index (κ2) is 6.45. The molecule has 1 amide bonds. The fourth-order valence-electron chi connectivity index (χ4n) is 2.36. The molecule has 4 heteroatoms. The number of methoxy groups -OCH3 is 1. The highest BCUT2D eigenvalue weighted by atomic mass is 16.5. The zero-order valence-corrected chi connectivity index (χ0v) is 12.3. The molecule has 0 fully saturated rings. The van der Waals surface area contributed by atoms with Crippen molar-refractivity contribution in [2.24, 2.45) is 0 Å². The number of para-hydroxylation sites is 1. The van der Waals surface area contributed by atoms with Gasteiger partial charge in [-0.2, -0.15) is 0 Å². The van der Waals surface area contributed by atoms with E-state index in [9.17, 15) is 4.79 Å². The van der Waals surface area contributed by atoms with Crippen molar-refractivity contribution in [1.82, 2.24) is 5.32 Å². The summed E-state index contributed by atoms with van der Waals surface area (Å²) in [5, 5.41) is 3.80. The quantitative estimate of drug-likeness (QED) is 0.783. The average molecular weight is 295 g/mol. The van der Waals surface area contributed by atoms with Gasteiger partial charge in [-0.25, -0.2) is 0 Å². The van der Waals surface area contributed by atoms with Crippen LogP contribution >= 0.6 is 0 Å². The molecule has 0 atom stereocenters. The predicted molar refractivity (Wildman–Crippen MR) is 84.5 cm³/mol. The van der Waals surface area contributed by atoms with Gasteiger partial charge < -0.3 is 14.5 Å². The molecule has 0 aliphatic carbocycles. The van der Waals surface area contributed by atoms with Crippen LogP contribution in [0.15, 0.2) is 59.0 Å². The molecule has 0 unspecified atom stereocenters. The van der Waals surface area contributed by atoms with Gasteiger partial charge in [0.15, 0.2) is 5.76 Å². The molecule has 112 valence electrons. The van der Waals surface area contributed by atoms with Crippen LogP contribution in [0.25, 0.3) is 11.0 Å². The summed E-state index contributed by atoms with van der Waals surface area (Å²) < 4.78 is 10.7. The first-order valence-electron chi connectivity index (χ1n) is 7.10. The van der Waals surface area contributed by atoms with Gasteiger partial charge in [-0.05, 0) is 23.3 Å². The molecule has 0 saturated heterocycles. The summed E-state index contributed by atoms with van der Waals surface area (Å²) >= 11 is 0. The van der Waals surface area contributed by atoms with Gasteiger partial charge in [-0.15, -0.1) is 0 Å². The summed E-state index contributed by atoms with van der Waals surface area (Å²) in [6.45, 7) is 1.01. The largest absolute Gasteiger partial charge is 0.451 e. The van der Waals surface area contributed by atoms with Gasteiger partial charge >= 0.3 is 0 Å². The maximum absolute atomic E-state index is 12.2. The third-order valence-electron chi connectivity index (χ3n) is 3.40. The lowest BCUT2D eigenvalue weighted by molar-refractivity contribution is 0.0925. The van der Waals surface area contributed by atoms with Crippen molar-refractivity contribution in [1.29, 1.82) is 0 Å². The lowest BCUT2D eigenvalue weighted by Crippen LogP contribution is -2.22. The van der Waals surface area contributed by atoms with Crippen LogP contribution < -0.4 is 5.32 Å². The molecule has 0 spiro atoms. The van der Waals surface area contributed by atoms with Crippen molar-refractivity contribution in [3.8, 4) is 0 Å². The molecule has 22 heavy (non-hydrogen) atoms. The average Bonchev–Trinajstić information content (AvgIpc) is 2.97. The summed E-state index contributed by atoms with van der Waals surface area (Å²) in [6, 6.07) is 17.3. The zero-order valence-electron chi connectivity index (χ0n) is 12.3. The van der Waals surface area contributed by atoms with E-state index in [1.54, 1.807) is 13.2 Å². The number of hydrogen-bond acceptors (Lipinski definition) is 3. The van der Waals surface area contributed by atoms with Crippen LogP contribution in [0.4, 0.5) is 0 Å². The molecule has 4 nitrogen and oxygen atoms in total. The third kappa shape index (κ3) is 3.18. The zero-order chi connectivity index (χ0) is 15.4. The number of hydrogen-bond donors (Lipinski definition) is 1. The first-order valence-corrected chi connectivity index (χ1v) is 7.10. The highest BCUT2D eigenvalue weighted by Gasteiger charge is 2.11. The molecule has 0 radical (unpaired) electrons. The number of nitrogens with one attached hydrogen (secondary N) is 1. The summed E-state index contributed by atoms with van der Waals surface area (Å²) in [5.74, 6) is 0.114. The van der Waals surface area contributed by atoms with E-state index in [1.165, 1.54) is 0 Å². The number of amides is 1. The van der Waals surface area contributed by atoms with Gasteiger partial charge in [-0.1, -0.05) is 42.5 Å². The number of carbonyl (C=O) groups excluding carboxylic acids is 1. The number of furan rings is 1. The second-order valence-corrected chi connectivity index (χ2v) is 5.08. The van der Waals surface area contributed by atoms with Gasteiger partial charge in [0.1, 0.15) is 5.58 Å². The molecule has 1 heterocycles. The van der Waals surface area contributed by atoms with E-state index >= 15 is 0 Å². The molecular weight excluding hydrogens is 278 g/mol. The van der Waals surface area contributed by atoms with Gasteiger partial charge in [0.05, 0.1) is 6.61 Å². The van der Waals surface area contributed by atoms with E-state index in [4.69, 9.17) is 9.15 Å². The Morgan fingerprint density at radius 3 is 2.73 bits per heavy atom. The Balaban J connectivity index is 1.68. The van der Waals surface area contributed by atoms with Gasteiger partial charge in [-0.3, -0.25) is 4.79 Å². The molecule has 2 aromatic carbocycles. The minimum absolute atomic E-state index is 0.214. The molecule has 0 aliphatic rings. The van der Waals surface area contributed by atoms with Crippen LogP contribution in [0.5, 0.6) is 0 Å². The van der Waals surface area contributed by atoms with Gasteiger partial charge in [0, 0.05) is 19.0 Å². The maximum Gasteiger partial charge on any atom is 0.287 e. The van der Waals surface area contributed by atoms with E-state index in [0.717, 1.165) is 22.1 Å².